The van der Waals surface area contributed by atoms with Crippen LogP contribution in [0.5, 0.6) is 5.75 Å². The fourth-order valence-electron chi connectivity index (χ4n) is 2.59. The van der Waals surface area contributed by atoms with E-state index in [4.69, 9.17) is 4.74 Å². The normalized spacial score (nSPS) is 11.0. The molecule has 4 rings (SSSR count). The monoisotopic (exact) mass is 465 g/mol. The third kappa shape index (κ3) is 6.02. The molecule has 1 amide bonds. The van der Waals surface area contributed by atoms with Crippen LogP contribution in [0, 0.1) is 6.92 Å². The van der Waals surface area contributed by atoms with Crippen molar-refractivity contribution in [3.63, 3.8) is 0 Å². The van der Waals surface area contributed by atoms with Crippen LogP contribution < -0.4 is 10.1 Å². The van der Waals surface area contributed by atoms with E-state index in [9.17, 15) is 4.79 Å². The Labute approximate surface area is 192 Å². The molecule has 0 radical (unpaired) electrons. The van der Waals surface area contributed by atoms with Gasteiger partial charge in [0.25, 0.3) is 5.91 Å². The van der Waals surface area contributed by atoms with Crippen molar-refractivity contribution >= 4 is 40.2 Å². The molecule has 0 saturated carbocycles. The largest absolute Gasteiger partial charge is 0.487 e. The molecule has 0 unspecified atom stereocenters. The number of benzene rings is 2. The van der Waals surface area contributed by atoms with Crippen LogP contribution in [0.4, 0.5) is 5.13 Å². The Hall–Kier alpha value is -3.50. The fraction of sp³-hybridized carbons (Fsp3) is 0.136. The summed E-state index contributed by atoms with van der Waals surface area (Å²) in [5, 5.41) is 18.9. The number of aryl methyl sites for hydroxylation is 1. The molecule has 2 aromatic heterocycles. The predicted molar refractivity (Wildman–Crippen MR) is 124 cm³/mol. The number of hydrogen-bond acceptors (Lipinski definition) is 9. The van der Waals surface area contributed by atoms with Crippen LogP contribution in [0.25, 0.3) is 6.08 Å². The first kappa shape index (κ1) is 21.7. The molecule has 0 spiro atoms. The standard InChI is InChI=1S/C22H19N5O3S2/c1-15-19(27-30-26-15)14-29-18-11-9-17(10-12-18)20(28)23-21-24-25-22(32-21)31-13-5-8-16-6-3-2-4-7-16/h2-12H,13-14H2,1H3,(H,23,24,28). The first-order chi connectivity index (χ1) is 15.7. The van der Waals surface area contributed by atoms with Gasteiger partial charge in [0.1, 0.15) is 23.7 Å². The summed E-state index contributed by atoms with van der Waals surface area (Å²) in [6, 6.07) is 16.9. The number of thioether (sulfide) groups is 1. The molecule has 0 aliphatic rings. The summed E-state index contributed by atoms with van der Waals surface area (Å²) in [6.45, 7) is 2.04. The van der Waals surface area contributed by atoms with Gasteiger partial charge < -0.3 is 4.74 Å². The molecule has 2 aromatic carbocycles. The van der Waals surface area contributed by atoms with Gasteiger partial charge in [-0.3, -0.25) is 10.1 Å². The molecular formula is C22H19N5O3S2. The van der Waals surface area contributed by atoms with Gasteiger partial charge >= 0.3 is 0 Å². The second kappa shape index (κ2) is 10.7. The summed E-state index contributed by atoms with van der Waals surface area (Å²) in [4.78, 5) is 12.5. The van der Waals surface area contributed by atoms with E-state index in [0.29, 0.717) is 27.8 Å². The van der Waals surface area contributed by atoms with Crippen LogP contribution in [-0.4, -0.2) is 32.2 Å². The first-order valence-electron chi connectivity index (χ1n) is 9.67. The Morgan fingerprint density at radius 3 is 2.69 bits per heavy atom. The lowest BCUT2D eigenvalue weighted by Crippen LogP contribution is -2.11. The summed E-state index contributed by atoms with van der Waals surface area (Å²) < 4.78 is 11.1. The zero-order chi connectivity index (χ0) is 22.2. The van der Waals surface area contributed by atoms with Gasteiger partial charge in [-0.15, -0.1) is 10.2 Å². The molecule has 0 saturated heterocycles. The quantitative estimate of drug-likeness (QED) is 0.276. The van der Waals surface area contributed by atoms with Crippen LogP contribution in [-0.2, 0) is 6.61 Å². The number of nitrogens with zero attached hydrogens (tertiary/aromatic N) is 4. The zero-order valence-corrected chi connectivity index (χ0v) is 18.7. The maximum absolute atomic E-state index is 12.5. The van der Waals surface area contributed by atoms with Gasteiger partial charge in [-0.2, -0.15) is 0 Å². The number of ether oxygens (including phenoxy) is 1. The minimum Gasteiger partial charge on any atom is -0.487 e. The number of amides is 1. The molecule has 10 heteroatoms. The molecule has 162 valence electrons. The zero-order valence-electron chi connectivity index (χ0n) is 17.1. The average Bonchev–Trinajstić information content (AvgIpc) is 3.44. The molecule has 0 aliphatic heterocycles. The maximum atomic E-state index is 12.5. The van der Waals surface area contributed by atoms with Crippen LogP contribution in [0.2, 0.25) is 0 Å². The van der Waals surface area contributed by atoms with Crippen LogP contribution in [0.1, 0.15) is 27.3 Å². The van der Waals surface area contributed by atoms with Crippen molar-refractivity contribution in [2.24, 2.45) is 0 Å². The Balaban J connectivity index is 1.25. The Kier molecular flexibility index (Phi) is 7.26. The molecule has 8 nitrogen and oxygen atoms in total. The predicted octanol–water partition coefficient (Wildman–Crippen LogP) is 4.87. The number of hydrogen-bond donors (Lipinski definition) is 1. The molecule has 0 aliphatic carbocycles. The van der Waals surface area contributed by atoms with Crippen LogP contribution in [0.3, 0.4) is 0 Å². The van der Waals surface area contributed by atoms with Gasteiger partial charge in [0.05, 0.1) is 0 Å². The average molecular weight is 466 g/mol. The summed E-state index contributed by atoms with van der Waals surface area (Å²) in [7, 11) is 0. The van der Waals surface area contributed by atoms with E-state index in [-0.39, 0.29) is 12.5 Å². The highest BCUT2D eigenvalue weighted by Crippen LogP contribution is 2.26. The number of rotatable bonds is 9. The van der Waals surface area contributed by atoms with E-state index in [1.807, 2.05) is 30.3 Å². The highest BCUT2D eigenvalue weighted by Gasteiger charge is 2.11. The van der Waals surface area contributed by atoms with E-state index in [2.05, 4.69) is 42.6 Å². The van der Waals surface area contributed by atoms with Gasteiger partial charge in [0, 0.05) is 11.3 Å². The van der Waals surface area contributed by atoms with Gasteiger partial charge in [-0.1, -0.05) is 75.9 Å². The highest BCUT2D eigenvalue weighted by molar-refractivity contribution is 8.01. The second-order valence-corrected chi connectivity index (χ2v) is 8.81. The van der Waals surface area contributed by atoms with Crippen molar-refractivity contribution in [1.82, 2.24) is 20.5 Å². The van der Waals surface area contributed by atoms with Crippen molar-refractivity contribution in [3.8, 4) is 5.75 Å². The lowest BCUT2D eigenvalue weighted by molar-refractivity contribution is 0.102. The topological polar surface area (TPSA) is 103 Å². The molecule has 2 heterocycles. The number of carbonyl (C=O) groups excluding carboxylic acids is 1. The van der Waals surface area contributed by atoms with Crippen LogP contribution >= 0.6 is 23.1 Å². The van der Waals surface area contributed by atoms with Crippen molar-refractivity contribution in [2.45, 2.75) is 17.9 Å². The molecule has 32 heavy (non-hydrogen) atoms. The fourth-order valence-corrected chi connectivity index (χ4v) is 4.17. The molecular weight excluding hydrogens is 446 g/mol. The summed E-state index contributed by atoms with van der Waals surface area (Å²) >= 11 is 2.91. The number of aromatic nitrogens is 4. The van der Waals surface area contributed by atoms with Crippen molar-refractivity contribution in [1.29, 1.82) is 0 Å². The summed E-state index contributed by atoms with van der Waals surface area (Å²) in [6.07, 6.45) is 4.14. The smallest absolute Gasteiger partial charge is 0.257 e. The SMILES string of the molecule is Cc1nonc1COc1ccc(C(=O)Nc2nnc(SCC=Cc3ccccc3)s2)cc1. The lowest BCUT2D eigenvalue weighted by Gasteiger charge is -2.05. The number of carbonyl (C=O) groups is 1. The minimum atomic E-state index is -0.259. The van der Waals surface area contributed by atoms with E-state index >= 15 is 0 Å². The molecule has 0 atom stereocenters. The molecule has 0 bridgehead atoms. The minimum absolute atomic E-state index is 0.243. The van der Waals surface area contributed by atoms with E-state index in [1.165, 1.54) is 11.3 Å². The Morgan fingerprint density at radius 1 is 1.12 bits per heavy atom. The second-order valence-electron chi connectivity index (χ2n) is 6.56. The Morgan fingerprint density at radius 2 is 1.94 bits per heavy atom. The maximum Gasteiger partial charge on any atom is 0.257 e. The van der Waals surface area contributed by atoms with Gasteiger partial charge in [-0.25, -0.2) is 4.63 Å². The Bertz CT molecular complexity index is 1190. The number of nitrogens with one attached hydrogen (secondary N) is 1. The third-order valence-corrected chi connectivity index (χ3v) is 6.20. The summed E-state index contributed by atoms with van der Waals surface area (Å²) in [5.41, 5.74) is 2.96. The van der Waals surface area contributed by atoms with Gasteiger partial charge in [0.15, 0.2) is 4.34 Å². The highest BCUT2D eigenvalue weighted by atomic mass is 32.2. The molecule has 4 aromatic rings. The van der Waals surface area contributed by atoms with Crippen molar-refractivity contribution in [2.75, 3.05) is 11.1 Å². The molecule has 1 N–H and O–H groups in total. The molecule has 0 fully saturated rings. The van der Waals surface area contributed by atoms with Crippen molar-refractivity contribution in [3.05, 3.63) is 83.2 Å². The third-order valence-electron chi connectivity index (χ3n) is 4.28. The lowest BCUT2D eigenvalue weighted by atomic mass is 10.2. The van der Waals surface area contributed by atoms with E-state index < -0.39 is 0 Å². The van der Waals surface area contributed by atoms with E-state index in [1.54, 1.807) is 43.0 Å². The first-order valence-corrected chi connectivity index (χ1v) is 11.5. The van der Waals surface area contributed by atoms with Gasteiger partial charge in [-0.05, 0) is 36.8 Å². The summed E-state index contributed by atoms with van der Waals surface area (Å²) in [5.74, 6) is 1.12. The van der Waals surface area contributed by atoms with E-state index in [0.717, 1.165) is 15.7 Å². The van der Waals surface area contributed by atoms with Gasteiger partial charge in [0.2, 0.25) is 5.13 Å². The van der Waals surface area contributed by atoms with Crippen molar-refractivity contribution < 1.29 is 14.2 Å². The van der Waals surface area contributed by atoms with Crippen LogP contribution in [0.15, 0.2) is 69.6 Å². The number of anilines is 1.